The van der Waals surface area contributed by atoms with Crippen LogP contribution in [-0.4, -0.2) is 30.5 Å². The fourth-order valence-electron chi connectivity index (χ4n) is 0.921. The van der Waals surface area contributed by atoms with Crippen molar-refractivity contribution in [1.29, 1.82) is 0 Å². The molecule has 1 heterocycles. The fourth-order valence-corrected chi connectivity index (χ4v) is 0.921. The number of aromatic nitrogens is 2. The maximum Gasteiger partial charge on any atom is 0.246 e. The van der Waals surface area contributed by atoms with Crippen LogP contribution in [0.15, 0.2) is 4.52 Å². The zero-order valence-corrected chi connectivity index (χ0v) is 8.40. The van der Waals surface area contributed by atoms with Crippen molar-refractivity contribution in [2.75, 3.05) is 20.3 Å². The smallest absolute Gasteiger partial charge is 0.246 e. The summed E-state index contributed by atoms with van der Waals surface area (Å²) in [6.45, 7) is 3.22. The number of nitrogens with zero attached hydrogens (tertiary/aromatic N) is 2. The van der Waals surface area contributed by atoms with Gasteiger partial charge >= 0.3 is 0 Å². The lowest BCUT2D eigenvalue weighted by Gasteiger charge is -2.02. The van der Waals surface area contributed by atoms with Gasteiger partial charge in [0.25, 0.3) is 0 Å². The van der Waals surface area contributed by atoms with E-state index in [4.69, 9.17) is 19.7 Å². The Balaban J connectivity index is 2.49. The average Bonchev–Trinajstić information content (AvgIpc) is 2.63. The van der Waals surface area contributed by atoms with Crippen molar-refractivity contribution in [3.05, 3.63) is 11.7 Å². The normalized spacial score (nSPS) is 13.1. The van der Waals surface area contributed by atoms with Gasteiger partial charge in [0, 0.05) is 13.7 Å². The fraction of sp³-hybridized carbons (Fsp3) is 0.750. The van der Waals surface area contributed by atoms with Crippen LogP contribution in [0, 0.1) is 0 Å². The van der Waals surface area contributed by atoms with Gasteiger partial charge < -0.3 is 19.7 Å². The molecule has 0 spiro atoms. The molecule has 1 aromatic rings. The van der Waals surface area contributed by atoms with Gasteiger partial charge in [-0.15, -0.1) is 0 Å². The lowest BCUT2D eigenvalue weighted by Crippen LogP contribution is -2.16. The van der Waals surface area contributed by atoms with Crippen molar-refractivity contribution < 1.29 is 14.0 Å². The second kappa shape index (κ2) is 5.69. The van der Waals surface area contributed by atoms with Gasteiger partial charge in [-0.1, -0.05) is 5.16 Å². The molecule has 0 aliphatic rings. The van der Waals surface area contributed by atoms with Crippen LogP contribution in [0.4, 0.5) is 0 Å². The second-order valence-corrected chi connectivity index (χ2v) is 2.75. The molecule has 0 saturated carbocycles. The van der Waals surface area contributed by atoms with E-state index in [0.717, 1.165) is 0 Å². The maximum atomic E-state index is 5.69. The molecule has 0 radical (unpaired) electrons. The molecular formula is C8H15N3O3. The molecule has 6 nitrogen and oxygen atoms in total. The van der Waals surface area contributed by atoms with E-state index in [1.54, 1.807) is 7.11 Å². The summed E-state index contributed by atoms with van der Waals surface area (Å²) in [5.41, 5.74) is 5.69. The van der Waals surface area contributed by atoms with Crippen LogP contribution >= 0.6 is 0 Å². The minimum absolute atomic E-state index is 0.347. The van der Waals surface area contributed by atoms with Crippen LogP contribution < -0.4 is 5.73 Å². The van der Waals surface area contributed by atoms with E-state index < -0.39 is 0 Å². The van der Waals surface area contributed by atoms with Gasteiger partial charge in [-0.2, -0.15) is 4.98 Å². The van der Waals surface area contributed by atoms with Gasteiger partial charge in [-0.3, -0.25) is 0 Å². The van der Waals surface area contributed by atoms with E-state index in [1.807, 2.05) is 6.92 Å². The second-order valence-electron chi connectivity index (χ2n) is 2.75. The molecule has 14 heavy (non-hydrogen) atoms. The van der Waals surface area contributed by atoms with Crippen LogP contribution in [0.25, 0.3) is 0 Å². The largest absolute Gasteiger partial charge is 0.383 e. The topological polar surface area (TPSA) is 83.4 Å². The predicted octanol–water partition coefficient (Wildman–Crippen LogP) is 0.252. The third-order valence-electron chi connectivity index (χ3n) is 1.58. The Kier molecular flexibility index (Phi) is 4.51. The minimum atomic E-state index is -0.372. The first-order valence-corrected chi connectivity index (χ1v) is 4.42. The summed E-state index contributed by atoms with van der Waals surface area (Å²) in [7, 11) is 1.57. The monoisotopic (exact) mass is 201 g/mol. The van der Waals surface area contributed by atoms with Gasteiger partial charge in [0.15, 0.2) is 5.82 Å². The standard InChI is InChI=1S/C8H15N3O3/c1-3-13-5-7-10-8(14-11-7)6(9)4-12-2/h6H,3-5,9H2,1-2H3. The summed E-state index contributed by atoms with van der Waals surface area (Å²) >= 11 is 0. The van der Waals surface area contributed by atoms with E-state index in [-0.39, 0.29) is 6.04 Å². The molecule has 0 fully saturated rings. The van der Waals surface area contributed by atoms with Crippen LogP contribution in [-0.2, 0) is 16.1 Å². The first kappa shape index (κ1) is 11.1. The highest BCUT2D eigenvalue weighted by Crippen LogP contribution is 2.07. The van der Waals surface area contributed by atoms with Gasteiger partial charge in [0.05, 0.1) is 6.61 Å². The van der Waals surface area contributed by atoms with Crippen molar-refractivity contribution in [3.63, 3.8) is 0 Å². The molecule has 0 saturated heterocycles. The van der Waals surface area contributed by atoms with Gasteiger partial charge in [-0.25, -0.2) is 0 Å². The Morgan fingerprint density at radius 2 is 2.36 bits per heavy atom. The van der Waals surface area contributed by atoms with E-state index >= 15 is 0 Å². The van der Waals surface area contributed by atoms with E-state index in [0.29, 0.717) is 31.5 Å². The van der Waals surface area contributed by atoms with Crippen molar-refractivity contribution in [2.24, 2.45) is 5.73 Å². The highest BCUT2D eigenvalue weighted by Gasteiger charge is 2.14. The highest BCUT2D eigenvalue weighted by atomic mass is 16.5. The molecule has 0 aliphatic heterocycles. The summed E-state index contributed by atoms with van der Waals surface area (Å²) < 4.78 is 14.9. The Labute approximate surface area is 82.4 Å². The molecule has 2 N–H and O–H groups in total. The molecule has 0 aromatic carbocycles. The first-order valence-electron chi connectivity index (χ1n) is 4.42. The van der Waals surface area contributed by atoms with E-state index in [2.05, 4.69) is 10.1 Å². The summed E-state index contributed by atoms with van der Waals surface area (Å²) in [4.78, 5) is 4.06. The zero-order chi connectivity index (χ0) is 10.4. The third-order valence-corrected chi connectivity index (χ3v) is 1.58. The molecule has 1 rings (SSSR count). The average molecular weight is 201 g/mol. The summed E-state index contributed by atoms with van der Waals surface area (Å²) in [5.74, 6) is 0.884. The van der Waals surface area contributed by atoms with Gasteiger partial charge in [-0.05, 0) is 6.92 Å². The Morgan fingerprint density at radius 1 is 1.57 bits per heavy atom. The predicted molar refractivity (Wildman–Crippen MR) is 48.4 cm³/mol. The lowest BCUT2D eigenvalue weighted by molar-refractivity contribution is 0.126. The van der Waals surface area contributed by atoms with Crippen molar-refractivity contribution >= 4 is 0 Å². The number of ether oxygens (including phenoxy) is 2. The highest BCUT2D eigenvalue weighted by molar-refractivity contribution is 4.90. The summed E-state index contributed by atoms with van der Waals surface area (Å²) in [6, 6.07) is -0.372. The van der Waals surface area contributed by atoms with Crippen LogP contribution in [0.5, 0.6) is 0 Å². The zero-order valence-electron chi connectivity index (χ0n) is 8.40. The number of rotatable bonds is 6. The molecule has 1 unspecified atom stereocenters. The van der Waals surface area contributed by atoms with Gasteiger partial charge in [0.2, 0.25) is 5.89 Å². The van der Waals surface area contributed by atoms with E-state index in [1.165, 1.54) is 0 Å². The summed E-state index contributed by atoms with van der Waals surface area (Å²) in [5, 5.41) is 3.71. The van der Waals surface area contributed by atoms with E-state index in [9.17, 15) is 0 Å². The lowest BCUT2D eigenvalue weighted by atomic mass is 10.3. The number of nitrogens with two attached hydrogens (primary N) is 1. The molecular weight excluding hydrogens is 186 g/mol. The van der Waals surface area contributed by atoms with Crippen molar-refractivity contribution in [1.82, 2.24) is 10.1 Å². The minimum Gasteiger partial charge on any atom is -0.383 e. The quantitative estimate of drug-likeness (QED) is 0.710. The Morgan fingerprint density at radius 3 is 3.00 bits per heavy atom. The number of hydrogen-bond acceptors (Lipinski definition) is 6. The Hall–Kier alpha value is -0.980. The van der Waals surface area contributed by atoms with Crippen molar-refractivity contribution in [2.45, 2.75) is 19.6 Å². The van der Waals surface area contributed by atoms with Crippen LogP contribution in [0.1, 0.15) is 24.7 Å². The number of hydrogen-bond donors (Lipinski definition) is 1. The SMILES string of the molecule is CCOCc1noc(C(N)COC)n1. The van der Waals surface area contributed by atoms with Gasteiger partial charge in [0.1, 0.15) is 12.6 Å². The van der Waals surface area contributed by atoms with Crippen LogP contribution in [0.3, 0.4) is 0 Å². The molecule has 0 aliphatic carbocycles. The Bertz CT molecular complexity index is 264. The number of methoxy groups -OCH3 is 1. The molecule has 80 valence electrons. The third kappa shape index (κ3) is 3.06. The molecule has 0 bridgehead atoms. The maximum absolute atomic E-state index is 5.69. The molecule has 1 atom stereocenters. The first-order chi connectivity index (χ1) is 6.77. The van der Waals surface area contributed by atoms with Crippen LogP contribution in [0.2, 0.25) is 0 Å². The summed E-state index contributed by atoms with van der Waals surface area (Å²) in [6.07, 6.45) is 0. The molecule has 1 aromatic heterocycles. The molecule has 0 amide bonds. The van der Waals surface area contributed by atoms with Crippen molar-refractivity contribution in [3.8, 4) is 0 Å². The molecule has 6 heteroatoms.